The first-order chi connectivity index (χ1) is 14.0. The number of aryl methyl sites for hydroxylation is 2. The zero-order valence-corrected chi connectivity index (χ0v) is 17.0. The Morgan fingerprint density at radius 1 is 1.14 bits per heavy atom. The Kier molecular flexibility index (Phi) is 6.16. The molecule has 0 atom stereocenters. The van der Waals surface area contributed by atoms with Gasteiger partial charge in [0.2, 0.25) is 0 Å². The monoisotopic (exact) mass is 394 g/mol. The van der Waals surface area contributed by atoms with Gasteiger partial charge in [-0.2, -0.15) is 0 Å². The number of H-pyrrole nitrogens is 1. The lowest BCUT2D eigenvalue weighted by molar-refractivity contribution is 0.0954. The number of carbonyl (C=O) groups is 1. The number of nitrogens with one attached hydrogen (secondary N) is 2. The fourth-order valence-corrected chi connectivity index (χ4v) is 3.51. The lowest BCUT2D eigenvalue weighted by Gasteiger charge is -2.25. The van der Waals surface area contributed by atoms with Crippen LogP contribution in [0.1, 0.15) is 29.8 Å². The van der Waals surface area contributed by atoms with E-state index in [0.717, 1.165) is 12.2 Å². The Morgan fingerprint density at radius 3 is 2.59 bits per heavy atom. The lowest BCUT2D eigenvalue weighted by atomic mass is 10.1. The number of para-hydroxylation sites is 1. The van der Waals surface area contributed by atoms with Crippen LogP contribution in [0.5, 0.6) is 0 Å². The molecule has 29 heavy (non-hydrogen) atoms. The topological polar surface area (TPSA) is 87.2 Å². The Bertz CT molecular complexity index is 1150. The maximum absolute atomic E-state index is 12.6. The van der Waals surface area contributed by atoms with Crippen LogP contribution in [0.4, 0.5) is 5.69 Å². The van der Waals surface area contributed by atoms with Crippen LogP contribution in [-0.2, 0) is 6.54 Å². The average Bonchev–Trinajstić information content (AvgIpc) is 2.72. The quantitative estimate of drug-likeness (QED) is 0.602. The number of rotatable bonds is 7. The van der Waals surface area contributed by atoms with Crippen molar-refractivity contribution in [3.63, 3.8) is 0 Å². The number of fused-ring (bicyclic) bond motifs is 1. The van der Waals surface area contributed by atoms with Crippen LogP contribution in [0.15, 0.2) is 52.1 Å². The minimum atomic E-state index is -0.686. The van der Waals surface area contributed by atoms with Crippen LogP contribution in [0.3, 0.4) is 0 Å². The molecule has 3 rings (SSSR count). The molecule has 0 fully saturated rings. The fourth-order valence-electron chi connectivity index (χ4n) is 3.51. The molecule has 0 unspecified atom stereocenters. The first-order valence-corrected chi connectivity index (χ1v) is 9.82. The summed E-state index contributed by atoms with van der Waals surface area (Å²) in [6.45, 7) is 8.36. The number of aromatic nitrogens is 2. The van der Waals surface area contributed by atoms with Crippen molar-refractivity contribution in [2.45, 2.75) is 27.3 Å². The van der Waals surface area contributed by atoms with Crippen LogP contribution in [-0.4, -0.2) is 35.1 Å². The van der Waals surface area contributed by atoms with Gasteiger partial charge >= 0.3 is 11.1 Å². The molecule has 0 saturated heterocycles. The molecule has 0 aliphatic rings. The Balaban J connectivity index is 1.73. The molecule has 1 amide bonds. The summed E-state index contributed by atoms with van der Waals surface area (Å²) >= 11 is 0. The van der Waals surface area contributed by atoms with Crippen LogP contribution >= 0.6 is 0 Å². The third kappa shape index (κ3) is 4.23. The van der Waals surface area contributed by atoms with Gasteiger partial charge in [0.05, 0.1) is 11.0 Å². The molecule has 0 radical (unpaired) electrons. The van der Waals surface area contributed by atoms with E-state index in [9.17, 15) is 14.4 Å². The number of aromatic amines is 1. The molecule has 0 bridgehead atoms. The van der Waals surface area contributed by atoms with Crippen molar-refractivity contribution in [3.05, 3.63) is 74.3 Å². The number of nitrogens with zero attached hydrogens (tertiary/aromatic N) is 2. The summed E-state index contributed by atoms with van der Waals surface area (Å²) in [6.07, 6.45) is 0. The van der Waals surface area contributed by atoms with Gasteiger partial charge in [0.25, 0.3) is 5.91 Å². The standard InChI is InChI=1S/C22H26N4O3/c1-4-25(18-9-7-6-8-15(18)3)13-12-23-20(27)16-10-11-19-17(14-16)24-21(28)22(29)26(19)5-2/h6-11,14H,4-5,12-13H2,1-3H3,(H,23,27)(H,24,28). The first-order valence-electron chi connectivity index (χ1n) is 9.82. The maximum atomic E-state index is 12.6. The highest BCUT2D eigenvalue weighted by molar-refractivity contribution is 5.97. The molecule has 152 valence electrons. The number of carbonyl (C=O) groups excluding carboxylic acids is 1. The Labute approximate surface area is 169 Å². The van der Waals surface area contributed by atoms with E-state index < -0.39 is 11.1 Å². The Hall–Kier alpha value is -3.35. The van der Waals surface area contributed by atoms with Gasteiger partial charge in [0, 0.05) is 37.4 Å². The molecule has 1 heterocycles. The largest absolute Gasteiger partial charge is 0.370 e. The van der Waals surface area contributed by atoms with E-state index in [2.05, 4.69) is 41.2 Å². The molecule has 2 N–H and O–H groups in total. The van der Waals surface area contributed by atoms with Gasteiger partial charge in [0.15, 0.2) is 0 Å². The number of hydrogen-bond donors (Lipinski definition) is 2. The van der Waals surface area contributed by atoms with Gasteiger partial charge in [-0.05, 0) is 50.6 Å². The highest BCUT2D eigenvalue weighted by Gasteiger charge is 2.12. The summed E-state index contributed by atoms with van der Waals surface area (Å²) in [5.74, 6) is -0.220. The first kappa shape index (κ1) is 20.4. The number of benzene rings is 2. The van der Waals surface area contributed by atoms with Crippen LogP contribution in [0, 0.1) is 6.92 Å². The second kappa shape index (κ2) is 8.77. The fraction of sp³-hybridized carbons (Fsp3) is 0.318. The van der Waals surface area contributed by atoms with Gasteiger partial charge in [-0.1, -0.05) is 18.2 Å². The van der Waals surface area contributed by atoms with E-state index in [1.54, 1.807) is 25.1 Å². The number of amides is 1. The van der Waals surface area contributed by atoms with Gasteiger partial charge < -0.3 is 19.8 Å². The highest BCUT2D eigenvalue weighted by Crippen LogP contribution is 2.18. The van der Waals surface area contributed by atoms with Crippen molar-refractivity contribution < 1.29 is 4.79 Å². The summed E-state index contributed by atoms with van der Waals surface area (Å²) in [7, 11) is 0. The SMILES string of the molecule is CCN(CCNC(=O)c1ccc2c(c1)[nH]c(=O)c(=O)n2CC)c1ccccc1C. The third-order valence-electron chi connectivity index (χ3n) is 5.06. The number of likely N-dealkylation sites (N-methyl/N-ethyl adjacent to an activating group) is 1. The van der Waals surface area contributed by atoms with Crippen molar-refractivity contribution in [1.82, 2.24) is 14.9 Å². The molecule has 2 aromatic carbocycles. The van der Waals surface area contributed by atoms with Gasteiger partial charge in [-0.3, -0.25) is 14.4 Å². The van der Waals surface area contributed by atoms with Crippen LogP contribution in [0.25, 0.3) is 11.0 Å². The van der Waals surface area contributed by atoms with E-state index in [1.165, 1.54) is 10.1 Å². The summed E-state index contributed by atoms with van der Waals surface area (Å²) < 4.78 is 1.40. The van der Waals surface area contributed by atoms with Gasteiger partial charge in [-0.25, -0.2) is 0 Å². The third-order valence-corrected chi connectivity index (χ3v) is 5.06. The lowest BCUT2D eigenvalue weighted by Crippen LogP contribution is -2.36. The van der Waals surface area contributed by atoms with Crippen LogP contribution < -0.4 is 21.3 Å². The molecule has 1 aromatic heterocycles. The average molecular weight is 394 g/mol. The second-order valence-electron chi connectivity index (χ2n) is 6.86. The van der Waals surface area contributed by atoms with E-state index in [0.29, 0.717) is 36.2 Å². The maximum Gasteiger partial charge on any atom is 0.316 e. The minimum Gasteiger partial charge on any atom is -0.370 e. The molecule has 0 aliphatic heterocycles. The molecular weight excluding hydrogens is 368 g/mol. The molecule has 7 heteroatoms. The van der Waals surface area contributed by atoms with Crippen molar-refractivity contribution in [2.75, 3.05) is 24.5 Å². The number of anilines is 1. The van der Waals surface area contributed by atoms with Gasteiger partial charge in [-0.15, -0.1) is 0 Å². The van der Waals surface area contributed by atoms with E-state index >= 15 is 0 Å². The van der Waals surface area contributed by atoms with Crippen molar-refractivity contribution in [2.24, 2.45) is 0 Å². The second-order valence-corrected chi connectivity index (χ2v) is 6.86. The van der Waals surface area contributed by atoms with Crippen molar-refractivity contribution >= 4 is 22.6 Å². The molecule has 0 aliphatic carbocycles. The van der Waals surface area contributed by atoms with Crippen molar-refractivity contribution in [3.8, 4) is 0 Å². The van der Waals surface area contributed by atoms with Crippen LogP contribution in [0.2, 0.25) is 0 Å². The summed E-state index contributed by atoms with van der Waals surface area (Å²) in [6, 6.07) is 13.1. The summed E-state index contributed by atoms with van der Waals surface area (Å²) in [4.78, 5) is 41.1. The van der Waals surface area contributed by atoms with Crippen molar-refractivity contribution in [1.29, 1.82) is 0 Å². The zero-order chi connectivity index (χ0) is 21.0. The highest BCUT2D eigenvalue weighted by atomic mass is 16.2. The molecule has 3 aromatic rings. The summed E-state index contributed by atoms with van der Waals surface area (Å²) in [5.41, 5.74) is 2.59. The molecule has 0 spiro atoms. The van der Waals surface area contributed by atoms with Gasteiger partial charge in [0.1, 0.15) is 0 Å². The zero-order valence-electron chi connectivity index (χ0n) is 17.0. The van der Waals surface area contributed by atoms with E-state index in [1.807, 2.05) is 12.1 Å². The predicted octanol–water partition coefficient (Wildman–Crippen LogP) is 2.27. The smallest absolute Gasteiger partial charge is 0.316 e. The summed E-state index contributed by atoms with van der Waals surface area (Å²) in [5, 5.41) is 2.93. The Morgan fingerprint density at radius 2 is 1.90 bits per heavy atom. The number of hydrogen-bond acceptors (Lipinski definition) is 4. The van der Waals surface area contributed by atoms with E-state index in [-0.39, 0.29) is 5.91 Å². The molecular formula is C22H26N4O3. The molecule has 7 nitrogen and oxygen atoms in total. The predicted molar refractivity (Wildman–Crippen MR) is 116 cm³/mol. The molecule has 0 saturated carbocycles. The minimum absolute atomic E-state index is 0.220. The van der Waals surface area contributed by atoms with E-state index in [4.69, 9.17) is 0 Å². The normalized spacial score (nSPS) is 10.9.